The van der Waals surface area contributed by atoms with Gasteiger partial charge in [-0.25, -0.2) is 0 Å². The second-order valence-electron chi connectivity index (χ2n) is 8.57. The van der Waals surface area contributed by atoms with Crippen LogP contribution in [0.15, 0.2) is 72.8 Å². The van der Waals surface area contributed by atoms with Crippen LogP contribution in [0.4, 0.5) is 0 Å². The van der Waals surface area contributed by atoms with Gasteiger partial charge in [-0.05, 0) is 53.9 Å². The molecule has 0 heterocycles. The predicted octanol–water partition coefficient (Wildman–Crippen LogP) is 5.94. The molecule has 0 aliphatic heterocycles. The number of halogens is 2. The maximum absolute atomic E-state index is 13.6. The molecule has 0 saturated heterocycles. The first-order valence-corrected chi connectivity index (χ1v) is 13.0. The van der Waals surface area contributed by atoms with Crippen molar-refractivity contribution in [3.63, 3.8) is 0 Å². The summed E-state index contributed by atoms with van der Waals surface area (Å²) in [6.07, 6.45) is 2.14. The highest BCUT2D eigenvalue weighted by Crippen LogP contribution is 2.24. The van der Waals surface area contributed by atoms with Gasteiger partial charge >= 0.3 is 0 Å². The van der Waals surface area contributed by atoms with Gasteiger partial charge in [0.1, 0.15) is 17.5 Å². The minimum absolute atomic E-state index is 0.125. The average molecular weight is 543 g/mol. The first kappa shape index (κ1) is 28.4. The lowest BCUT2D eigenvalue weighted by Crippen LogP contribution is -2.51. The molecule has 8 heteroatoms. The van der Waals surface area contributed by atoms with Crippen LogP contribution < -0.4 is 14.8 Å². The summed E-state index contributed by atoms with van der Waals surface area (Å²) in [4.78, 5) is 28.6. The zero-order chi connectivity index (χ0) is 26.6. The number of carbonyl (C=O) groups excluding carboxylic acids is 2. The fourth-order valence-corrected chi connectivity index (χ4v) is 4.26. The van der Waals surface area contributed by atoms with Crippen molar-refractivity contribution >= 4 is 35.0 Å². The van der Waals surface area contributed by atoms with E-state index in [1.807, 2.05) is 30.3 Å². The number of hydrogen-bond acceptors (Lipinski definition) is 4. The lowest BCUT2D eigenvalue weighted by Gasteiger charge is -2.31. The van der Waals surface area contributed by atoms with Crippen molar-refractivity contribution in [2.45, 2.75) is 38.8 Å². The molecule has 0 saturated carbocycles. The Morgan fingerprint density at radius 3 is 2.32 bits per heavy atom. The summed E-state index contributed by atoms with van der Waals surface area (Å²) in [6, 6.07) is 20.9. The molecule has 0 spiro atoms. The summed E-state index contributed by atoms with van der Waals surface area (Å²) in [5, 5.41) is 3.91. The summed E-state index contributed by atoms with van der Waals surface area (Å²) in [7, 11) is 1.58. The minimum atomic E-state index is -0.766. The van der Waals surface area contributed by atoms with Crippen molar-refractivity contribution in [3.8, 4) is 11.5 Å². The molecule has 0 unspecified atom stereocenters. The number of nitrogens with one attached hydrogen (secondary N) is 1. The molecule has 3 aromatic rings. The lowest BCUT2D eigenvalue weighted by molar-refractivity contribution is -0.142. The number of unbranched alkanes of at least 4 members (excludes halogenated alkanes) is 1. The van der Waals surface area contributed by atoms with Crippen LogP contribution in [0.25, 0.3) is 0 Å². The molecule has 37 heavy (non-hydrogen) atoms. The van der Waals surface area contributed by atoms with E-state index in [4.69, 9.17) is 32.7 Å². The topological polar surface area (TPSA) is 67.9 Å². The number of hydrogen-bond donors (Lipinski definition) is 1. The van der Waals surface area contributed by atoms with Crippen LogP contribution in [-0.4, -0.2) is 43.0 Å². The first-order chi connectivity index (χ1) is 17.9. The Balaban J connectivity index is 1.89. The van der Waals surface area contributed by atoms with Crippen molar-refractivity contribution in [1.82, 2.24) is 10.2 Å². The molecule has 2 amide bonds. The summed E-state index contributed by atoms with van der Waals surface area (Å²) in [5.74, 6) is 0.642. The molecule has 0 radical (unpaired) electrons. The smallest absolute Gasteiger partial charge is 0.261 e. The Labute approximate surface area is 228 Å². The second-order valence-corrected chi connectivity index (χ2v) is 9.42. The molecule has 0 aromatic heterocycles. The van der Waals surface area contributed by atoms with Crippen LogP contribution >= 0.6 is 23.2 Å². The third-order valence-corrected chi connectivity index (χ3v) is 6.47. The van der Waals surface area contributed by atoms with Gasteiger partial charge in [0, 0.05) is 29.6 Å². The van der Waals surface area contributed by atoms with Gasteiger partial charge in [-0.1, -0.05) is 72.9 Å². The number of ether oxygens (including phenoxy) is 2. The van der Waals surface area contributed by atoms with Crippen molar-refractivity contribution in [2.75, 3.05) is 20.3 Å². The number of benzene rings is 3. The zero-order valence-electron chi connectivity index (χ0n) is 21.1. The van der Waals surface area contributed by atoms with Gasteiger partial charge in [0.05, 0.1) is 7.11 Å². The molecule has 196 valence electrons. The van der Waals surface area contributed by atoms with E-state index < -0.39 is 6.04 Å². The molecule has 1 N–H and O–H groups in total. The van der Waals surface area contributed by atoms with E-state index in [9.17, 15) is 9.59 Å². The van der Waals surface area contributed by atoms with Crippen molar-refractivity contribution in [2.24, 2.45) is 0 Å². The summed E-state index contributed by atoms with van der Waals surface area (Å²) >= 11 is 12.5. The van der Waals surface area contributed by atoms with E-state index in [1.54, 1.807) is 49.6 Å². The van der Waals surface area contributed by atoms with Crippen LogP contribution in [0.3, 0.4) is 0 Å². The highest BCUT2D eigenvalue weighted by atomic mass is 35.5. The van der Waals surface area contributed by atoms with E-state index in [2.05, 4.69) is 12.2 Å². The fraction of sp³-hybridized carbons (Fsp3) is 0.310. The summed E-state index contributed by atoms with van der Waals surface area (Å²) in [5.41, 5.74) is 1.62. The molecule has 0 bridgehead atoms. The van der Waals surface area contributed by atoms with Crippen LogP contribution in [-0.2, 0) is 22.6 Å². The number of amides is 2. The highest BCUT2D eigenvalue weighted by molar-refractivity contribution is 6.35. The normalized spacial score (nSPS) is 11.5. The van der Waals surface area contributed by atoms with Crippen molar-refractivity contribution in [1.29, 1.82) is 0 Å². The Kier molecular flexibility index (Phi) is 11.1. The van der Waals surface area contributed by atoms with E-state index in [-0.39, 0.29) is 25.0 Å². The highest BCUT2D eigenvalue weighted by Gasteiger charge is 2.31. The minimum Gasteiger partial charge on any atom is -0.497 e. The van der Waals surface area contributed by atoms with E-state index in [0.717, 1.165) is 18.4 Å². The summed E-state index contributed by atoms with van der Waals surface area (Å²) < 4.78 is 11.0. The number of carbonyl (C=O) groups is 2. The van der Waals surface area contributed by atoms with Crippen LogP contribution in [0, 0.1) is 0 Å². The molecule has 3 aromatic carbocycles. The first-order valence-electron chi connectivity index (χ1n) is 12.2. The fourth-order valence-electron chi connectivity index (χ4n) is 3.79. The average Bonchev–Trinajstić information content (AvgIpc) is 2.91. The number of rotatable bonds is 13. The van der Waals surface area contributed by atoms with Gasteiger partial charge in [0.25, 0.3) is 5.91 Å². The van der Waals surface area contributed by atoms with Crippen LogP contribution in [0.1, 0.15) is 30.9 Å². The Bertz CT molecular complexity index is 1160. The Morgan fingerprint density at radius 1 is 0.973 bits per heavy atom. The van der Waals surface area contributed by atoms with Gasteiger partial charge in [-0.15, -0.1) is 0 Å². The Morgan fingerprint density at radius 2 is 1.68 bits per heavy atom. The monoisotopic (exact) mass is 542 g/mol. The molecule has 0 aliphatic carbocycles. The summed E-state index contributed by atoms with van der Waals surface area (Å²) in [6.45, 7) is 2.47. The second kappa shape index (κ2) is 14.5. The molecule has 0 fully saturated rings. The zero-order valence-corrected chi connectivity index (χ0v) is 22.6. The van der Waals surface area contributed by atoms with Gasteiger partial charge in [0.2, 0.25) is 5.91 Å². The maximum Gasteiger partial charge on any atom is 0.261 e. The SMILES string of the molecule is CCCCNC(=O)[C@@H](Cc1ccccc1)N(Cc1ccc(Cl)cc1Cl)C(=O)COc1ccc(OC)cc1. The van der Waals surface area contributed by atoms with Crippen molar-refractivity contribution < 1.29 is 19.1 Å². The molecule has 3 rings (SSSR count). The molecular formula is C29H32Cl2N2O4. The van der Waals surface area contributed by atoms with Gasteiger partial charge in [0.15, 0.2) is 6.61 Å². The van der Waals surface area contributed by atoms with Crippen molar-refractivity contribution in [3.05, 3.63) is 94.0 Å². The van der Waals surface area contributed by atoms with E-state index in [1.165, 1.54) is 4.90 Å². The number of methoxy groups -OCH3 is 1. The third-order valence-electron chi connectivity index (χ3n) is 5.88. The molecular weight excluding hydrogens is 511 g/mol. The predicted molar refractivity (Wildman–Crippen MR) is 147 cm³/mol. The van der Waals surface area contributed by atoms with Gasteiger partial charge in [-0.3, -0.25) is 9.59 Å². The van der Waals surface area contributed by atoms with Gasteiger partial charge < -0.3 is 19.7 Å². The van der Waals surface area contributed by atoms with Crippen LogP contribution in [0.2, 0.25) is 10.0 Å². The maximum atomic E-state index is 13.6. The Hall–Kier alpha value is -3.22. The lowest BCUT2D eigenvalue weighted by atomic mass is 10.0. The molecule has 0 aliphatic rings. The standard InChI is InChI=1S/C29H32Cl2N2O4/c1-3-4-16-32-29(35)27(17-21-8-6-5-7-9-21)33(19-22-10-11-23(30)18-26(22)31)28(34)20-37-25-14-12-24(36-2)13-15-25/h5-15,18,27H,3-4,16-17,19-20H2,1-2H3,(H,32,35)/t27-/m1/s1. The molecule has 6 nitrogen and oxygen atoms in total. The largest absolute Gasteiger partial charge is 0.497 e. The van der Waals surface area contributed by atoms with Gasteiger partial charge in [-0.2, -0.15) is 0 Å². The third kappa shape index (κ3) is 8.69. The molecule has 1 atom stereocenters. The number of nitrogens with zero attached hydrogens (tertiary/aromatic N) is 1. The quantitative estimate of drug-likeness (QED) is 0.271. The van der Waals surface area contributed by atoms with E-state index >= 15 is 0 Å². The van der Waals surface area contributed by atoms with E-state index in [0.29, 0.717) is 40.1 Å². The van der Waals surface area contributed by atoms with Crippen LogP contribution in [0.5, 0.6) is 11.5 Å².